The Morgan fingerprint density at radius 2 is 1.72 bits per heavy atom. The minimum Gasteiger partial charge on any atom is -0.484 e. The predicted molar refractivity (Wildman–Crippen MR) is 112 cm³/mol. The van der Waals surface area contributed by atoms with Crippen LogP contribution in [-0.4, -0.2) is 58.5 Å². The number of nitrogen functional groups attached to an aromatic ring is 1. The van der Waals surface area contributed by atoms with Gasteiger partial charge in [-0.15, -0.1) is 0 Å². The number of hydrogen-bond donors (Lipinski definition) is 1. The number of pyridine rings is 1. The lowest BCUT2D eigenvalue weighted by Crippen LogP contribution is -2.50. The largest absolute Gasteiger partial charge is 0.484 e. The molecule has 150 valence electrons. The van der Waals surface area contributed by atoms with E-state index in [2.05, 4.69) is 15.0 Å². The van der Waals surface area contributed by atoms with Gasteiger partial charge in [-0.2, -0.15) is 4.98 Å². The zero-order chi connectivity index (χ0) is 20.4. The molecule has 2 N–H and O–H groups in total. The van der Waals surface area contributed by atoms with Crippen molar-refractivity contribution < 1.29 is 9.53 Å². The van der Waals surface area contributed by atoms with Crippen molar-refractivity contribution in [1.82, 2.24) is 19.9 Å². The summed E-state index contributed by atoms with van der Waals surface area (Å²) in [6.45, 7) is 2.23. The number of amides is 1. The summed E-state index contributed by atoms with van der Waals surface area (Å²) >= 11 is 11.9. The molecule has 8 nitrogen and oxygen atoms in total. The van der Waals surface area contributed by atoms with E-state index in [9.17, 15) is 4.79 Å². The van der Waals surface area contributed by atoms with Crippen LogP contribution in [0.2, 0.25) is 10.2 Å². The SMILES string of the molecule is Nc1nc(N2CCN(C(=O)COc3ccc(Cl)cc3)CC2)c2nc(Cl)ccc2n1. The van der Waals surface area contributed by atoms with Gasteiger partial charge in [0.25, 0.3) is 5.91 Å². The third-order valence-corrected chi connectivity index (χ3v) is 5.08. The Morgan fingerprint density at radius 3 is 2.45 bits per heavy atom. The van der Waals surface area contributed by atoms with Gasteiger partial charge in [-0.3, -0.25) is 4.79 Å². The summed E-state index contributed by atoms with van der Waals surface area (Å²) in [4.78, 5) is 29.2. The molecule has 0 atom stereocenters. The van der Waals surface area contributed by atoms with Crippen molar-refractivity contribution in [1.29, 1.82) is 0 Å². The molecule has 0 bridgehead atoms. The molecule has 0 spiro atoms. The summed E-state index contributed by atoms with van der Waals surface area (Å²) < 4.78 is 5.55. The molecule has 0 saturated carbocycles. The Kier molecular flexibility index (Phi) is 5.55. The summed E-state index contributed by atoms with van der Waals surface area (Å²) in [6.07, 6.45) is 0. The molecular formula is C19H18Cl2N6O2. The number of nitrogens with zero attached hydrogens (tertiary/aromatic N) is 5. The van der Waals surface area contributed by atoms with Crippen LogP contribution in [0.15, 0.2) is 36.4 Å². The van der Waals surface area contributed by atoms with Crippen molar-refractivity contribution in [3.05, 3.63) is 46.6 Å². The number of carbonyl (C=O) groups is 1. The normalized spacial score (nSPS) is 14.3. The molecule has 10 heteroatoms. The second-order valence-electron chi connectivity index (χ2n) is 6.52. The number of piperazine rings is 1. The molecule has 1 fully saturated rings. The van der Waals surface area contributed by atoms with E-state index >= 15 is 0 Å². The Balaban J connectivity index is 1.40. The third kappa shape index (κ3) is 4.44. The first kappa shape index (κ1) is 19.5. The van der Waals surface area contributed by atoms with Crippen molar-refractivity contribution in [2.45, 2.75) is 0 Å². The molecule has 4 rings (SSSR count). The molecule has 29 heavy (non-hydrogen) atoms. The number of halogens is 2. The maximum Gasteiger partial charge on any atom is 0.260 e. The Labute approximate surface area is 177 Å². The zero-order valence-electron chi connectivity index (χ0n) is 15.4. The highest BCUT2D eigenvalue weighted by atomic mass is 35.5. The van der Waals surface area contributed by atoms with Crippen LogP contribution in [0, 0.1) is 0 Å². The van der Waals surface area contributed by atoms with E-state index in [0.717, 1.165) is 0 Å². The van der Waals surface area contributed by atoms with Gasteiger partial charge in [-0.05, 0) is 36.4 Å². The lowest BCUT2D eigenvalue weighted by Gasteiger charge is -2.35. The quantitative estimate of drug-likeness (QED) is 0.632. The van der Waals surface area contributed by atoms with Crippen molar-refractivity contribution >= 4 is 51.9 Å². The second kappa shape index (κ2) is 8.26. The van der Waals surface area contributed by atoms with E-state index in [-0.39, 0.29) is 18.5 Å². The standard InChI is InChI=1S/C19H18Cl2N6O2/c20-12-1-3-13(4-2-12)29-11-16(28)26-7-9-27(10-8-26)18-17-14(23-19(22)25-18)5-6-15(21)24-17/h1-6H,7-11H2,(H2,22,23,25). The Bertz CT molecular complexity index is 1040. The smallest absolute Gasteiger partial charge is 0.260 e. The van der Waals surface area contributed by atoms with Crippen molar-refractivity contribution in [2.75, 3.05) is 43.4 Å². The number of nitrogens with two attached hydrogens (primary N) is 1. The number of fused-ring (bicyclic) bond motifs is 1. The van der Waals surface area contributed by atoms with Crippen LogP contribution in [0.5, 0.6) is 5.75 Å². The van der Waals surface area contributed by atoms with Gasteiger partial charge in [0.05, 0.1) is 5.52 Å². The molecule has 3 aromatic rings. The maximum atomic E-state index is 12.5. The highest BCUT2D eigenvalue weighted by Gasteiger charge is 2.24. The molecule has 0 unspecified atom stereocenters. The van der Waals surface area contributed by atoms with Gasteiger partial charge in [-0.25, -0.2) is 9.97 Å². The summed E-state index contributed by atoms with van der Waals surface area (Å²) in [5, 5.41) is 0.980. The molecule has 0 radical (unpaired) electrons. The van der Waals surface area contributed by atoms with Crippen molar-refractivity contribution in [2.24, 2.45) is 0 Å². The van der Waals surface area contributed by atoms with E-state index in [1.54, 1.807) is 41.3 Å². The van der Waals surface area contributed by atoms with E-state index in [0.29, 0.717) is 59.0 Å². The molecule has 1 amide bonds. The first-order valence-electron chi connectivity index (χ1n) is 9.00. The van der Waals surface area contributed by atoms with E-state index in [1.807, 2.05) is 4.90 Å². The van der Waals surface area contributed by atoms with Crippen LogP contribution in [0.4, 0.5) is 11.8 Å². The fraction of sp³-hybridized carbons (Fsp3) is 0.263. The average molecular weight is 433 g/mol. The first-order chi connectivity index (χ1) is 14.0. The summed E-state index contributed by atoms with van der Waals surface area (Å²) in [5.41, 5.74) is 7.08. The Morgan fingerprint density at radius 1 is 1.00 bits per heavy atom. The fourth-order valence-electron chi connectivity index (χ4n) is 3.15. The third-order valence-electron chi connectivity index (χ3n) is 4.62. The summed E-state index contributed by atoms with van der Waals surface area (Å²) in [7, 11) is 0. The van der Waals surface area contributed by atoms with E-state index in [4.69, 9.17) is 33.7 Å². The van der Waals surface area contributed by atoms with Crippen LogP contribution < -0.4 is 15.4 Å². The number of rotatable bonds is 4. The minimum absolute atomic E-state index is 0.0256. The van der Waals surface area contributed by atoms with Crippen LogP contribution in [-0.2, 0) is 4.79 Å². The summed E-state index contributed by atoms with van der Waals surface area (Å²) in [5.74, 6) is 1.33. The Hall–Kier alpha value is -2.84. The number of hydrogen-bond acceptors (Lipinski definition) is 7. The lowest BCUT2D eigenvalue weighted by atomic mass is 10.2. The fourth-order valence-corrected chi connectivity index (χ4v) is 3.42. The van der Waals surface area contributed by atoms with Crippen LogP contribution in [0.25, 0.3) is 11.0 Å². The summed E-state index contributed by atoms with van der Waals surface area (Å²) in [6, 6.07) is 10.3. The lowest BCUT2D eigenvalue weighted by molar-refractivity contribution is -0.133. The highest BCUT2D eigenvalue weighted by molar-refractivity contribution is 6.30. The number of ether oxygens (including phenoxy) is 1. The molecule has 1 aromatic carbocycles. The minimum atomic E-state index is -0.0761. The number of benzene rings is 1. The average Bonchev–Trinajstić information content (AvgIpc) is 2.73. The van der Waals surface area contributed by atoms with Gasteiger partial charge in [0.2, 0.25) is 5.95 Å². The predicted octanol–water partition coefficient (Wildman–Crippen LogP) is 2.64. The molecule has 1 aliphatic heterocycles. The molecule has 1 aliphatic rings. The molecule has 2 aromatic heterocycles. The number of aromatic nitrogens is 3. The van der Waals surface area contributed by atoms with Gasteiger partial charge >= 0.3 is 0 Å². The van der Waals surface area contributed by atoms with E-state index in [1.165, 1.54) is 0 Å². The van der Waals surface area contributed by atoms with Crippen molar-refractivity contribution in [3.8, 4) is 5.75 Å². The number of anilines is 2. The highest BCUT2D eigenvalue weighted by Crippen LogP contribution is 2.25. The molecule has 0 aliphatic carbocycles. The van der Waals surface area contributed by atoms with Gasteiger partial charge in [0.15, 0.2) is 12.4 Å². The topological polar surface area (TPSA) is 97.5 Å². The van der Waals surface area contributed by atoms with Crippen LogP contribution in [0.3, 0.4) is 0 Å². The molecular weight excluding hydrogens is 415 g/mol. The van der Waals surface area contributed by atoms with Gasteiger partial charge in [0, 0.05) is 31.2 Å². The molecule has 3 heterocycles. The monoisotopic (exact) mass is 432 g/mol. The zero-order valence-corrected chi connectivity index (χ0v) is 16.9. The van der Waals surface area contributed by atoms with Crippen LogP contribution in [0.1, 0.15) is 0 Å². The maximum absolute atomic E-state index is 12.5. The van der Waals surface area contributed by atoms with Crippen molar-refractivity contribution in [3.63, 3.8) is 0 Å². The second-order valence-corrected chi connectivity index (χ2v) is 7.34. The van der Waals surface area contributed by atoms with E-state index < -0.39 is 0 Å². The first-order valence-corrected chi connectivity index (χ1v) is 9.76. The molecule has 1 saturated heterocycles. The van der Waals surface area contributed by atoms with Gasteiger partial charge in [-0.1, -0.05) is 23.2 Å². The van der Waals surface area contributed by atoms with Gasteiger partial charge < -0.3 is 20.3 Å². The van der Waals surface area contributed by atoms with Gasteiger partial charge in [0.1, 0.15) is 16.4 Å². The number of carbonyl (C=O) groups excluding carboxylic acids is 1. The van der Waals surface area contributed by atoms with Crippen LogP contribution >= 0.6 is 23.2 Å².